The van der Waals surface area contributed by atoms with Crippen LogP contribution in [0, 0.1) is 0 Å². The molecule has 5 N–H and O–H groups in total. The van der Waals surface area contributed by atoms with Gasteiger partial charge in [0.05, 0.1) is 19.1 Å². The Morgan fingerprint density at radius 2 is 1.74 bits per heavy atom. The Kier molecular flexibility index (Phi) is 9.48. The van der Waals surface area contributed by atoms with Gasteiger partial charge in [0.1, 0.15) is 5.75 Å². The molecule has 3 rings (SSSR count). The fourth-order valence-corrected chi connectivity index (χ4v) is 3.84. The molecule has 0 fully saturated rings. The van der Waals surface area contributed by atoms with Gasteiger partial charge in [-0.1, -0.05) is 54.1 Å². The van der Waals surface area contributed by atoms with Crippen LogP contribution < -0.4 is 10.6 Å². The predicted molar refractivity (Wildman–Crippen MR) is 134 cm³/mol. The molecule has 0 aliphatic carbocycles. The number of halogens is 1. The van der Waals surface area contributed by atoms with Crippen molar-refractivity contribution in [3.05, 3.63) is 99.6 Å². The van der Waals surface area contributed by atoms with E-state index in [2.05, 4.69) is 10.6 Å². The molecule has 0 radical (unpaired) electrons. The van der Waals surface area contributed by atoms with Gasteiger partial charge in [-0.25, -0.2) is 0 Å². The highest BCUT2D eigenvalue weighted by molar-refractivity contribution is 6.30. The van der Waals surface area contributed by atoms with E-state index in [1.807, 2.05) is 43.3 Å². The average molecular weight is 483 g/mol. The normalized spacial score (nSPS) is 12.8. The molecular weight excluding hydrogens is 452 g/mol. The fourth-order valence-electron chi connectivity index (χ4n) is 3.71. The van der Waals surface area contributed by atoms with Gasteiger partial charge in [-0.3, -0.25) is 4.79 Å². The molecule has 0 saturated heterocycles. The molecule has 0 unspecified atom stereocenters. The molecule has 34 heavy (non-hydrogen) atoms. The molecule has 0 aromatic heterocycles. The van der Waals surface area contributed by atoms with Crippen LogP contribution >= 0.6 is 11.6 Å². The third-order valence-electron chi connectivity index (χ3n) is 5.62. The number of aliphatic hydroxyl groups excluding tert-OH is 2. The van der Waals surface area contributed by atoms with Crippen LogP contribution in [0.1, 0.15) is 40.8 Å². The van der Waals surface area contributed by atoms with Crippen molar-refractivity contribution in [3.63, 3.8) is 0 Å². The predicted octanol–water partition coefficient (Wildman–Crippen LogP) is 3.65. The zero-order chi connectivity index (χ0) is 24.5. The number of hydrogen-bond acceptors (Lipinski definition) is 5. The van der Waals surface area contributed by atoms with Gasteiger partial charge >= 0.3 is 0 Å². The van der Waals surface area contributed by atoms with Crippen LogP contribution in [0.3, 0.4) is 0 Å². The van der Waals surface area contributed by atoms with Gasteiger partial charge in [-0.15, -0.1) is 0 Å². The summed E-state index contributed by atoms with van der Waals surface area (Å²) >= 11 is 5.89. The highest BCUT2D eigenvalue weighted by Crippen LogP contribution is 2.22. The van der Waals surface area contributed by atoms with Crippen molar-refractivity contribution in [2.45, 2.75) is 45.1 Å². The van der Waals surface area contributed by atoms with Crippen molar-refractivity contribution in [1.29, 1.82) is 0 Å². The molecule has 1 amide bonds. The second-order valence-corrected chi connectivity index (χ2v) is 8.91. The van der Waals surface area contributed by atoms with E-state index in [4.69, 9.17) is 11.6 Å². The summed E-state index contributed by atoms with van der Waals surface area (Å²) in [6.07, 6.45) is 0.282. The zero-order valence-electron chi connectivity index (χ0n) is 19.2. The van der Waals surface area contributed by atoms with Crippen molar-refractivity contribution >= 4 is 17.5 Å². The maximum atomic E-state index is 12.4. The smallest absolute Gasteiger partial charge is 0.224 e. The summed E-state index contributed by atoms with van der Waals surface area (Å²) in [6.45, 7) is 2.54. The lowest BCUT2D eigenvalue weighted by Gasteiger charge is -2.18. The minimum absolute atomic E-state index is 0.0123. The average Bonchev–Trinajstić information content (AvgIpc) is 2.82. The van der Waals surface area contributed by atoms with Crippen LogP contribution in [0.25, 0.3) is 0 Å². The van der Waals surface area contributed by atoms with E-state index >= 15 is 0 Å². The Labute approximate surface area is 205 Å². The first kappa shape index (κ1) is 25.7. The highest BCUT2D eigenvalue weighted by atomic mass is 35.5. The van der Waals surface area contributed by atoms with Gasteiger partial charge in [0, 0.05) is 29.7 Å². The molecule has 0 spiro atoms. The van der Waals surface area contributed by atoms with E-state index in [1.165, 1.54) is 6.07 Å². The number of benzene rings is 3. The number of hydrogen-bond donors (Lipinski definition) is 5. The monoisotopic (exact) mass is 482 g/mol. The number of phenols is 1. The summed E-state index contributed by atoms with van der Waals surface area (Å²) in [4.78, 5) is 12.4. The number of aliphatic hydroxyl groups is 2. The van der Waals surface area contributed by atoms with E-state index in [1.54, 1.807) is 24.3 Å². The molecule has 3 aromatic carbocycles. The van der Waals surface area contributed by atoms with Gasteiger partial charge in [0.2, 0.25) is 5.91 Å². The summed E-state index contributed by atoms with van der Waals surface area (Å²) in [6, 6.07) is 20.2. The van der Waals surface area contributed by atoms with Gasteiger partial charge < -0.3 is 26.0 Å². The summed E-state index contributed by atoms with van der Waals surface area (Å²) in [7, 11) is 0. The SMILES string of the molecule is C[C@H](Cc1cccc(CC(=O)NCc2ccc(Cl)cc2)c1)NC[C@@H](O)c1ccc(O)c(CO)c1. The van der Waals surface area contributed by atoms with Gasteiger partial charge in [0.15, 0.2) is 0 Å². The third-order valence-corrected chi connectivity index (χ3v) is 5.87. The minimum atomic E-state index is -0.760. The lowest BCUT2D eigenvalue weighted by molar-refractivity contribution is -0.120. The van der Waals surface area contributed by atoms with Gasteiger partial charge in [0.25, 0.3) is 0 Å². The quantitative estimate of drug-likeness (QED) is 0.287. The first-order valence-electron chi connectivity index (χ1n) is 11.3. The summed E-state index contributed by atoms with van der Waals surface area (Å²) < 4.78 is 0. The van der Waals surface area contributed by atoms with Crippen molar-refractivity contribution in [2.75, 3.05) is 6.54 Å². The first-order valence-corrected chi connectivity index (χ1v) is 11.6. The van der Waals surface area contributed by atoms with Crippen molar-refractivity contribution in [2.24, 2.45) is 0 Å². The molecule has 0 aliphatic rings. The third kappa shape index (κ3) is 7.85. The molecule has 6 nitrogen and oxygen atoms in total. The molecule has 0 bridgehead atoms. The number of rotatable bonds is 11. The van der Waals surface area contributed by atoms with Crippen LogP contribution in [0.4, 0.5) is 0 Å². The standard InChI is InChI=1S/C27H31ClN2O4/c1-18(29-16-26(33)22-7-10-25(32)23(14-22)17-31)11-20-3-2-4-21(12-20)13-27(34)30-15-19-5-8-24(28)9-6-19/h2-10,12,14,18,26,29,31-33H,11,13,15-17H2,1H3,(H,30,34)/t18-,26-/m1/s1. The number of carbonyl (C=O) groups is 1. The molecule has 180 valence electrons. The molecular formula is C27H31ClN2O4. The molecule has 0 saturated carbocycles. The zero-order valence-corrected chi connectivity index (χ0v) is 19.9. The highest BCUT2D eigenvalue weighted by Gasteiger charge is 2.13. The van der Waals surface area contributed by atoms with Crippen LogP contribution in [0.2, 0.25) is 5.02 Å². The van der Waals surface area contributed by atoms with Crippen molar-refractivity contribution in [1.82, 2.24) is 10.6 Å². The topological polar surface area (TPSA) is 102 Å². The van der Waals surface area contributed by atoms with Gasteiger partial charge in [-0.2, -0.15) is 0 Å². The van der Waals surface area contributed by atoms with Crippen LogP contribution in [-0.2, 0) is 30.8 Å². The van der Waals surface area contributed by atoms with Gasteiger partial charge in [-0.05, 0) is 59.9 Å². The largest absolute Gasteiger partial charge is 0.508 e. The fraction of sp³-hybridized carbons (Fsp3) is 0.296. The molecule has 3 aromatic rings. The second kappa shape index (κ2) is 12.5. The second-order valence-electron chi connectivity index (χ2n) is 8.48. The Morgan fingerprint density at radius 1 is 1.00 bits per heavy atom. The molecule has 0 heterocycles. The number of nitrogens with one attached hydrogen (secondary N) is 2. The minimum Gasteiger partial charge on any atom is -0.508 e. The van der Waals surface area contributed by atoms with Crippen molar-refractivity contribution in [3.8, 4) is 5.75 Å². The van der Waals surface area contributed by atoms with Crippen molar-refractivity contribution < 1.29 is 20.1 Å². The Hall–Kier alpha value is -2.90. The number of amides is 1. The Morgan fingerprint density at radius 3 is 2.47 bits per heavy atom. The van der Waals surface area contributed by atoms with E-state index in [-0.39, 0.29) is 24.3 Å². The molecule has 0 aliphatic heterocycles. The van der Waals surface area contributed by atoms with Crippen LogP contribution in [-0.4, -0.2) is 33.8 Å². The summed E-state index contributed by atoms with van der Waals surface area (Å²) in [5.41, 5.74) is 4.06. The van der Waals surface area contributed by atoms with Crippen LogP contribution in [0.15, 0.2) is 66.7 Å². The first-order chi connectivity index (χ1) is 16.3. The maximum Gasteiger partial charge on any atom is 0.224 e. The van der Waals surface area contributed by atoms with E-state index in [0.29, 0.717) is 35.7 Å². The van der Waals surface area contributed by atoms with E-state index < -0.39 is 6.10 Å². The maximum absolute atomic E-state index is 12.4. The molecule has 2 atom stereocenters. The Bertz CT molecular complexity index is 1090. The summed E-state index contributed by atoms with van der Waals surface area (Å²) in [5.74, 6) is -0.0316. The van der Waals surface area contributed by atoms with E-state index in [9.17, 15) is 20.1 Å². The number of carbonyl (C=O) groups excluding carboxylic acids is 1. The molecule has 7 heteroatoms. The number of aromatic hydroxyl groups is 1. The van der Waals surface area contributed by atoms with Crippen LogP contribution in [0.5, 0.6) is 5.75 Å². The Balaban J connectivity index is 1.47. The lowest BCUT2D eigenvalue weighted by Crippen LogP contribution is -2.32. The van der Waals surface area contributed by atoms with E-state index in [0.717, 1.165) is 23.1 Å². The lowest BCUT2D eigenvalue weighted by atomic mass is 10.0. The summed E-state index contributed by atoms with van der Waals surface area (Å²) in [5, 5.41) is 36.4.